The molecule has 1 atom stereocenters. The third-order valence-electron chi connectivity index (χ3n) is 4.92. The van der Waals surface area contributed by atoms with Gasteiger partial charge in [0.2, 0.25) is 11.8 Å². The van der Waals surface area contributed by atoms with E-state index in [1.54, 1.807) is 0 Å². The van der Waals surface area contributed by atoms with Gasteiger partial charge in [-0.15, -0.1) is 0 Å². The fraction of sp³-hybridized carbons (Fsp3) is 0.786. The summed E-state index contributed by atoms with van der Waals surface area (Å²) >= 11 is 0. The summed E-state index contributed by atoms with van der Waals surface area (Å²) < 4.78 is 0. The molecule has 0 bridgehead atoms. The van der Waals surface area contributed by atoms with Crippen LogP contribution in [0.4, 0.5) is 4.79 Å². The first-order valence-corrected chi connectivity index (χ1v) is 7.25. The molecular formula is C14H20N2O3. The van der Waals surface area contributed by atoms with Crippen molar-refractivity contribution in [1.29, 1.82) is 0 Å². The van der Waals surface area contributed by atoms with Crippen LogP contribution < -0.4 is 5.32 Å². The second-order valence-corrected chi connectivity index (χ2v) is 6.16. The summed E-state index contributed by atoms with van der Waals surface area (Å²) in [6, 6.07) is -0.606. The molecule has 5 heteroatoms. The molecule has 2 aliphatic carbocycles. The molecule has 0 aromatic carbocycles. The first kappa shape index (κ1) is 12.6. The number of hydrogen-bond acceptors (Lipinski definition) is 3. The lowest BCUT2D eigenvalue weighted by Gasteiger charge is -2.43. The zero-order valence-electron chi connectivity index (χ0n) is 11.3. The van der Waals surface area contributed by atoms with Crippen LogP contribution >= 0.6 is 0 Å². The van der Waals surface area contributed by atoms with Crippen molar-refractivity contribution < 1.29 is 14.4 Å². The van der Waals surface area contributed by atoms with E-state index < -0.39 is 11.4 Å². The Kier molecular flexibility index (Phi) is 2.87. The summed E-state index contributed by atoms with van der Waals surface area (Å²) in [4.78, 5) is 38.2. The Morgan fingerprint density at radius 2 is 1.79 bits per heavy atom. The maximum atomic E-state index is 12.7. The van der Waals surface area contributed by atoms with E-state index in [4.69, 9.17) is 0 Å². The number of barbiturate groups is 1. The zero-order valence-corrected chi connectivity index (χ0v) is 11.3. The number of hydrogen-bond donors (Lipinski definition) is 1. The van der Waals surface area contributed by atoms with Gasteiger partial charge in [0.15, 0.2) is 0 Å². The van der Waals surface area contributed by atoms with Crippen molar-refractivity contribution in [3.63, 3.8) is 0 Å². The standard InChI is InChI=1S/C14H20N2O3/c1-9(10-5-6-10)16-12(18)14(7-3-2-4-8-14)11(17)15-13(16)19/h9-10H,2-8H2,1H3,(H,15,17,19). The molecule has 3 aliphatic rings. The van der Waals surface area contributed by atoms with Crippen LogP contribution in [0.5, 0.6) is 0 Å². The van der Waals surface area contributed by atoms with Gasteiger partial charge in [0.25, 0.3) is 0 Å². The highest BCUT2D eigenvalue weighted by Gasteiger charge is 2.55. The molecule has 3 fully saturated rings. The van der Waals surface area contributed by atoms with Gasteiger partial charge in [0, 0.05) is 6.04 Å². The van der Waals surface area contributed by atoms with E-state index in [-0.39, 0.29) is 17.9 Å². The smallest absolute Gasteiger partial charge is 0.277 e. The molecule has 19 heavy (non-hydrogen) atoms. The molecule has 3 rings (SSSR count). The van der Waals surface area contributed by atoms with Crippen molar-refractivity contribution >= 4 is 17.8 Å². The molecule has 1 saturated heterocycles. The van der Waals surface area contributed by atoms with E-state index in [9.17, 15) is 14.4 Å². The molecule has 2 saturated carbocycles. The van der Waals surface area contributed by atoms with E-state index in [0.717, 1.165) is 32.1 Å². The van der Waals surface area contributed by atoms with Gasteiger partial charge >= 0.3 is 6.03 Å². The van der Waals surface area contributed by atoms with Crippen molar-refractivity contribution in [2.24, 2.45) is 11.3 Å². The molecule has 5 nitrogen and oxygen atoms in total. The number of carbonyl (C=O) groups is 3. The maximum Gasteiger partial charge on any atom is 0.331 e. The van der Waals surface area contributed by atoms with E-state index in [1.165, 1.54) is 4.90 Å². The summed E-state index contributed by atoms with van der Waals surface area (Å²) in [5, 5.41) is 2.41. The van der Waals surface area contributed by atoms with Crippen LogP contribution in [0.1, 0.15) is 51.9 Å². The van der Waals surface area contributed by atoms with Gasteiger partial charge in [0.05, 0.1) is 0 Å². The molecule has 0 aromatic rings. The number of carbonyl (C=O) groups excluding carboxylic acids is 3. The van der Waals surface area contributed by atoms with Crippen molar-refractivity contribution in [1.82, 2.24) is 10.2 Å². The number of amides is 4. The Morgan fingerprint density at radius 3 is 2.37 bits per heavy atom. The second-order valence-electron chi connectivity index (χ2n) is 6.16. The van der Waals surface area contributed by atoms with Crippen LogP contribution in [0.25, 0.3) is 0 Å². The fourth-order valence-corrected chi connectivity index (χ4v) is 3.45. The summed E-state index contributed by atoms with van der Waals surface area (Å²) in [5.41, 5.74) is -0.963. The Balaban J connectivity index is 1.90. The van der Waals surface area contributed by atoms with Crippen molar-refractivity contribution in [3.8, 4) is 0 Å². The lowest BCUT2D eigenvalue weighted by atomic mass is 9.71. The van der Waals surface area contributed by atoms with E-state index >= 15 is 0 Å². The van der Waals surface area contributed by atoms with Gasteiger partial charge in [-0.1, -0.05) is 19.3 Å². The van der Waals surface area contributed by atoms with Crippen LogP contribution in [-0.2, 0) is 9.59 Å². The topological polar surface area (TPSA) is 66.5 Å². The second kappa shape index (κ2) is 4.32. The fourth-order valence-electron chi connectivity index (χ4n) is 3.45. The van der Waals surface area contributed by atoms with Crippen LogP contribution in [0.3, 0.4) is 0 Å². The van der Waals surface area contributed by atoms with Crippen LogP contribution in [0.15, 0.2) is 0 Å². The molecule has 104 valence electrons. The van der Waals surface area contributed by atoms with E-state index in [0.29, 0.717) is 18.8 Å². The lowest BCUT2D eigenvalue weighted by Crippen LogP contribution is -2.66. The average Bonchev–Trinajstić information content (AvgIpc) is 3.22. The molecule has 1 N–H and O–H groups in total. The SMILES string of the molecule is CC(C1CC1)N1C(=O)NC(=O)C2(CCCCC2)C1=O. The Hall–Kier alpha value is -1.39. The highest BCUT2D eigenvalue weighted by atomic mass is 16.2. The molecule has 1 heterocycles. The van der Waals surface area contributed by atoms with Gasteiger partial charge in [-0.05, 0) is 38.5 Å². The number of nitrogens with zero attached hydrogens (tertiary/aromatic N) is 1. The normalized spacial score (nSPS) is 28.5. The molecular weight excluding hydrogens is 244 g/mol. The highest BCUT2D eigenvalue weighted by Crippen LogP contribution is 2.43. The zero-order chi connectivity index (χ0) is 13.6. The Morgan fingerprint density at radius 1 is 1.16 bits per heavy atom. The molecule has 1 aliphatic heterocycles. The molecule has 0 aromatic heterocycles. The minimum atomic E-state index is -0.963. The molecule has 0 radical (unpaired) electrons. The number of rotatable bonds is 2. The monoisotopic (exact) mass is 264 g/mol. The summed E-state index contributed by atoms with van der Waals surface area (Å²) in [6.45, 7) is 1.92. The largest absolute Gasteiger partial charge is 0.331 e. The minimum absolute atomic E-state index is 0.0839. The van der Waals surface area contributed by atoms with Crippen LogP contribution in [0.2, 0.25) is 0 Å². The number of imide groups is 2. The summed E-state index contributed by atoms with van der Waals surface area (Å²) in [6.07, 6.45) is 6.14. The first-order chi connectivity index (χ1) is 9.06. The third-order valence-corrected chi connectivity index (χ3v) is 4.92. The van der Waals surface area contributed by atoms with Gasteiger partial charge in [0.1, 0.15) is 5.41 Å². The van der Waals surface area contributed by atoms with E-state index in [1.807, 2.05) is 6.92 Å². The molecule has 4 amide bonds. The minimum Gasteiger partial charge on any atom is -0.277 e. The first-order valence-electron chi connectivity index (χ1n) is 7.25. The summed E-state index contributed by atoms with van der Waals surface area (Å²) in [5.74, 6) is -0.203. The number of urea groups is 1. The maximum absolute atomic E-state index is 12.7. The van der Waals surface area contributed by atoms with Gasteiger partial charge in [-0.3, -0.25) is 19.8 Å². The Bertz CT molecular complexity index is 436. The van der Waals surface area contributed by atoms with Crippen molar-refractivity contribution in [2.75, 3.05) is 0 Å². The van der Waals surface area contributed by atoms with Gasteiger partial charge in [-0.2, -0.15) is 0 Å². The Labute approximate surface area is 112 Å². The lowest BCUT2D eigenvalue weighted by molar-refractivity contribution is -0.155. The number of nitrogens with one attached hydrogen (secondary N) is 1. The summed E-state index contributed by atoms with van der Waals surface area (Å²) in [7, 11) is 0. The predicted octanol–water partition coefficient (Wildman–Crippen LogP) is 1.81. The van der Waals surface area contributed by atoms with E-state index in [2.05, 4.69) is 5.32 Å². The predicted molar refractivity (Wildman–Crippen MR) is 68.1 cm³/mol. The highest BCUT2D eigenvalue weighted by molar-refractivity contribution is 6.19. The molecule has 1 unspecified atom stereocenters. The third kappa shape index (κ3) is 1.86. The quantitative estimate of drug-likeness (QED) is 0.773. The average molecular weight is 264 g/mol. The van der Waals surface area contributed by atoms with Crippen molar-refractivity contribution in [2.45, 2.75) is 57.9 Å². The van der Waals surface area contributed by atoms with Gasteiger partial charge < -0.3 is 0 Å². The van der Waals surface area contributed by atoms with Crippen LogP contribution in [0, 0.1) is 11.3 Å². The van der Waals surface area contributed by atoms with Crippen molar-refractivity contribution in [3.05, 3.63) is 0 Å². The molecule has 1 spiro atoms. The van der Waals surface area contributed by atoms with Gasteiger partial charge in [-0.25, -0.2) is 4.79 Å². The van der Waals surface area contributed by atoms with Crippen LogP contribution in [-0.4, -0.2) is 28.8 Å².